The largest absolute Gasteiger partial charge is 0.366 e. The Hall–Kier alpha value is -1.81. The van der Waals surface area contributed by atoms with Gasteiger partial charge in [0, 0.05) is 31.3 Å². The molecule has 0 spiro atoms. The number of nitrogens with two attached hydrogens (primary N) is 1. The van der Waals surface area contributed by atoms with Gasteiger partial charge in [0.2, 0.25) is 5.91 Å². The average molecular weight is 243 g/mol. The molecule has 1 aromatic rings. The summed E-state index contributed by atoms with van der Waals surface area (Å²) in [5.74, 6) is -0.325. The summed E-state index contributed by atoms with van der Waals surface area (Å²) in [5.41, 5.74) is 8.45. The van der Waals surface area contributed by atoms with E-state index in [0.717, 1.165) is 13.1 Å². The third-order valence-electron chi connectivity index (χ3n) is 3.60. The van der Waals surface area contributed by atoms with Crippen LogP contribution in [-0.4, -0.2) is 24.0 Å². The van der Waals surface area contributed by atoms with Crippen LogP contribution in [0.5, 0.6) is 0 Å². The van der Waals surface area contributed by atoms with Crippen LogP contribution in [0.2, 0.25) is 0 Å². The van der Waals surface area contributed by atoms with E-state index in [9.17, 15) is 4.79 Å². The van der Waals surface area contributed by atoms with Crippen LogP contribution in [0.3, 0.4) is 0 Å². The number of hydrogen-bond donors (Lipinski definition) is 1. The van der Waals surface area contributed by atoms with E-state index in [-0.39, 0.29) is 5.91 Å². The Morgan fingerprint density at radius 2 is 1.89 bits per heavy atom. The summed E-state index contributed by atoms with van der Waals surface area (Å²) in [4.78, 5) is 11.4. The van der Waals surface area contributed by atoms with Gasteiger partial charge in [-0.05, 0) is 24.5 Å². The highest BCUT2D eigenvalue weighted by molar-refractivity contribution is 5.94. The third-order valence-corrected chi connectivity index (χ3v) is 3.60. The molecule has 18 heavy (non-hydrogen) atoms. The number of rotatable bonds is 2. The van der Waals surface area contributed by atoms with Crippen LogP contribution >= 0.6 is 0 Å². The lowest BCUT2D eigenvalue weighted by molar-refractivity contribution is -0.114. The Morgan fingerprint density at radius 1 is 1.17 bits per heavy atom. The number of hydrazine groups is 1. The van der Waals surface area contributed by atoms with E-state index in [2.05, 4.69) is 22.2 Å². The fourth-order valence-electron chi connectivity index (χ4n) is 2.65. The Bertz CT molecular complexity index is 504. The van der Waals surface area contributed by atoms with Gasteiger partial charge in [-0.3, -0.25) is 9.80 Å². The molecule has 3 rings (SSSR count). The maximum atomic E-state index is 11.4. The monoisotopic (exact) mass is 243 g/mol. The highest BCUT2D eigenvalue weighted by atomic mass is 16.1. The number of anilines is 1. The Morgan fingerprint density at radius 3 is 2.61 bits per heavy atom. The molecule has 1 fully saturated rings. The van der Waals surface area contributed by atoms with Crippen molar-refractivity contribution in [1.29, 1.82) is 0 Å². The molecule has 2 aliphatic rings. The smallest absolute Gasteiger partial charge is 0.246 e. The number of amides is 1. The number of para-hydroxylation sites is 1. The van der Waals surface area contributed by atoms with Gasteiger partial charge in [0.05, 0.1) is 5.69 Å². The maximum Gasteiger partial charge on any atom is 0.246 e. The van der Waals surface area contributed by atoms with Gasteiger partial charge in [0.15, 0.2) is 0 Å². The molecule has 0 atom stereocenters. The second-order valence-electron chi connectivity index (χ2n) is 4.83. The van der Waals surface area contributed by atoms with E-state index < -0.39 is 0 Å². The van der Waals surface area contributed by atoms with E-state index in [0.29, 0.717) is 12.0 Å². The molecule has 0 saturated carbocycles. The minimum atomic E-state index is -0.325. The molecule has 94 valence electrons. The van der Waals surface area contributed by atoms with Gasteiger partial charge >= 0.3 is 0 Å². The number of carbonyl (C=O) groups excluding carboxylic acids is 1. The molecular weight excluding hydrogens is 226 g/mol. The van der Waals surface area contributed by atoms with Crippen molar-refractivity contribution in [1.82, 2.24) is 5.01 Å². The van der Waals surface area contributed by atoms with Gasteiger partial charge in [-0.25, -0.2) is 5.01 Å². The van der Waals surface area contributed by atoms with Crippen molar-refractivity contribution < 1.29 is 4.79 Å². The lowest BCUT2D eigenvalue weighted by Crippen LogP contribution is -2.40. The first kappa shape index (κ1) is 11.3. The van der Waals surface area contributed by atoms with Crippen LogP contribution < -0.4 is 10.7 Å². The van der Waals surface area contributed by atoms with Crippen LogP contribution in [0.25, 0.3) is 0 Å². The summed E-state index contributed by atoms with van der Waals surface area (Å²) in [6.07, 6.45) is 4.95. The molecule has 1 saturated heterocycles. The summed E-state index contributed by atoms with van der Waals surface area (Å²) in [6.45, 7) is 2.08. The first-order valence-electron chi connectivity index (χ1n) is 6.38. The molecule has 4 heteroatoms. The van der Waals surface area contributed by atoms with Gasteiger partial charge in [-0.15, -0.1) is 0 Å². The second-order valence-corrected chi connectivity index (χ2v) is 4.83. The van der Waals surface area contributed by atoms with Crippen LogP contribution in [0.4, 0.5) is 5.69 Å². The zero-order valence-corrected chi connectivity index (χ0v) is 10.3. The van der Waals surface area contributed by atoms with Gasteiger partial charge in [-0.1, -0.05) is 18.2 Å². The average Bonchev–Trinajstić information content (AvgIpc) is 2.91. The van der Waals surface area contributed by atoms with Crippen molar-refractivity contribution in [3.63, 3.8) is 0 Å². The van der Waals surface area contributed by atoms with E-state index >= 15 is 0 Å². The molecule has 1 amide bonds. The molecule has 0 aliphatic carbocycles. The van der Waals surface area contributed by atoms with E-state index in [1.807, 2.05) is 18.3 Å². The van der Waals surface area contributed by atoms with E-state index in [1.54, 1.807) is 0 Å². The van der Waals surface area contributed by atoms with Crippen LogP contribution in [-0.2, 0) is 11.2 Å². The van der Waals surface area contributed by atoms with E-state index in [1.165, 1.54) is 24.1 Å². The number of fused-ring (bicyclic) bond motifs is 1. The number of benzene rings is 1. The maximum absolute atomic E-state index is 11.4. The first-order chi connectivity index (χ1) is 8.75. The first-order valence-corrected chi connectivity index (χ1v) is 6.38. The molecule has 0 aromatic heterocycles. The number of primary amides is 1. The Balaban J connectivity index is 2.01. The fourth-order valence-corrected chi connectivity index (χ4v) is 2.65. The van der Waals surface area contributed by atoms with Crippen molar-refractivity contribution in [2.24, 2.45) is 5.73 Å². The molecule has 2 N–H and O–H groups in total. The predicted molar refractivity (Wildman–Crippen MR) is 70.7 cm³/mol. The lowest BCUT2D eigenvalue weighted by atomic mass is 10.00. The van der Waals surface area contributed by atoms with Crippen molar-refractivity contribution >= 4 is 11.6 Å². The van der Waals surface area contributed by atoms with Crippen LogP contribution in [0, 0.1) is 0 Å². The molecular formula is C14H17N3O. The third kappa shape index (κ3) is 1.88. The van der Waals surface area contributed by atoms with Gasteiger partial charge in [0.25, 0.3) is 0 Å². The molecule has 4 nitrogen and oxygen atoms in total. The molecule has 0 radical (unpaired) electrons. The van der Waals surface area contributed by atoms with Crippen molar-refractivity contribution in [3.8, 4) is 0 Å². The van der Waals surface area contributed by atoms with Crippen molar-refractivity contribution in [2.75, 3.05) is 18.1 Å². The summed E-state index contributed by atoms with van der Waals surface area (Å²) in [7, 11) is 0. The van der Waals surface area contributed by atoms with Crippen molar-refractivity contribution in [2.45, 2.75) is 19.3 Å². The molecule has 2 aliphatic heterocycles. The quantitative estimate of drug-likeness (QED) is 0.855. The lowest BCUT2D eigenvalue weighted by Gasteiger charge is -2.35. The molecule has 1 aromatic carbocycles. The topological polar surface area (TPSA) is 49.6 Å². The summed E-state index contributed by atoms with van der Waals surface area (Å²) in [6, 6.07) is 8.20. The van der Waals surface area contributed by atoms with Crippen LogP contribution in [0.1, 0.15) is 18.4 Å². The highest BCUT2D eigenvalue weighted by Gasteiger charge is 2.25. The molecule has 0 bridgehead atoms. The van der Waals surface area contributed by atoms with Crippen molar-refractivity contribution in [3.05, 3.63) is 41.6 Å². The molecule has 2 heterocycles. The van der Waals surface area contributed by atoms with Crippen LogP contribution in [0.15, 0.2) is 36.0 Å². The van der Waals surface area contributed by atoms with Gasteiger partial charge in [0.1, 0.15) is 0 Å². The fraction of sp³-hybridized carbons (Fsp3) is 0.357. The predicted octanol–water partition coefficient (Wildman–Crippen LogP) is 1.43. The zero-order valence-electron chi connectivity index (χ0n) is 10.3. The number of nitrogens with zero attached hydrogens (tertiary/aromatic N) is 2. The Kier molecular flexibility index (Phi) is 2.80. The van der Waals surface area contributed by atoms with Gasteiger partial charge in [-0.2, -0.15) is 0 Å². The summed E-state index contributed by atoms with van der Waals surface area (Å²) in [5, 5.41) is 4.38. The number of hydrogen-bond acceptors (Lipinski definition) is 3. The second kappa shape index (κ2) is 4.46. The summed E-state index contributed by atoms with van der Waals surface area (Å²) >= 11 is 0. The zero-order chi connectivity index (χ0) is 12.5. The SMILES string of the molecule is NC(=O)C1=CN(N2CCCC2)c2ccccc2C1. The minimum Gasteiger partial charge on any atom is -0.366 e. The standard InChI is InChI=1S/C14H17N3O/c15-14(18)12-9-11-5-1-2-6-13(11)17(10-12)16-7-3-4-8-16/h1-2,5-6,10H,3-4,7-9H2,(H2,15,18). The minimum absolute atomic E-state index is 0.325. The Labute approximate surface area is 107 Å². The highest BCUT2D eigenvalue weighted by Crippen LogP contribution is 2.31. The number of carbonyl (C=O) groups is 1. The van der Waals surface area contributed by atoms with E-state index in [4.69, 9.17) is 5.73 Å². The normalized spacial score (nSPS) is 19.6. The summed E-state index contributed by atoms with van der Waals surface area (Å²) < 4.78 is 0. The van der Waals surface area contributed by atoms with Gasteiger partial charge < -0.3 is 5.73 Å². The molecule has 0 unspecified atom stereocenters.